The van der Waals surface area contributed by atoms with E-state index in [1.807, 2.05) is 11.8 Å². The van der Waals surface area contributed by atoms with Crippen LogP contribution in [-0.4, -0.2) is 39.9 Å². The fraction of sp³-hybridized carbons (Fsp3) is 0.438. The summed E-state index contributed by atoms with van der Waals surface area (Å²) in [7, 11) is 0. The largest absolute Gasteiger partial charge is 0.461 e. The number of thiazole rings is 1. The molecule has 6 nitrogen and oxygen atoms in total. The van der Waals surface area contributed by atoms with Gasteiger partial charge in [-0.25, -0.2) is 9.78 Å². The van der Waals surface area contributed by atoms with Crippen molar-refractivity contribution in [2.24, 2.45) is 0 Å². The Hall–Kier alpha value is -2.15. The molecule has 1 N–H and O–H groups in total. The topological polar surface area (TPSA) is 75.3 Å². The Balaban J connectivity index is 1.81. The van der Waals surface area contributed by atoms with Crippen molar-refractivity contribution >= 4 is 23.2 Å². The van der Waals surface area contributed by atoms with Gasteiger partial charge in [0, 0.05) is 23.8 Å². The Kier molecular flexibility index (Phi) is 4.47. The number of hydrogen-bond acceptors (Lipinski definition) is 5. The minimum Gasteiger partial charge on any atom is -0.461 e. The van der Waals surface area contributed by atoms with Crippen LogP contribution in [-0.2, 0) is 4.74 Å². The summed E-state index contributed by atoms with van der Waals surface area (Å²) in [4.78, 5) is 33.8. The Morgan fingerprint density at radius 2 is 2.35 bits per heavy atom. The number of ether oxygens (including phenoxy) is 1. The molecule has 1 amide bonds. The molecular formula is C16H19N3O3S. The van der Waals surface area contributed by atoms with Gasteiger partial charge in [0.1, 0.15) is 5.01 Å². The van der Waals surface area contributed by atoms with Crippen LogP contribution in [0.15, 0.2) is 17.6 Å². The number of nitrogens with zero attached hydrogens (tertiary/aromatic N) is 2. The maximum atomic E-state index is 12.7. The van der Waals surface area contributed by atoms with Crippen molar-refractivity contribution in [3.63, 3.8) is 0 Å². The van der Waals surface area contributed by atoms with Crippen molar-refractivity contribution in [2.45, 2.75) is 32.7 Å². The van der Waals surface area contributed by atoms with Gasteiger partial charge in [0.15, 0.2) is 5.69 Å². The molecule has 3 heterocycles. The Labute approximate surface area is 138 Å². The summed E-state index contributed by atoms with van der Waals surface area (Å²) in [6.07, 6.45) is 3.58. The van der Waals surface area contributed by atoms with E-state index in [0.29, 0.717) is 24.4 Å². The maximum absolute atomic E-state index is 12.7. The van der Waals surface area contributed by atoms with Crippen LogP contribution in [0, 0.1) is 6.92 Å². The molecule has 0 saturated carbocycles. The van der Waals surface area contributed by atoms with Crippen molar-refractivity contribution in [1.82, 2.24) is 14.9 Å². The summed E-state index contributed by atoms with van der Waals surface area (Å²) < 4.78 is 4.97. The van der Waals surface area contributed by atoms with Gasteiger partial charge in [-0.15, -0.1) is 11.3 Å². The van der Waals surface area contributed by atoms with Crippen LogP contribution in [0.3, 0.4) is 0 Å². The smallest absolute Gasteiger partial charge is 0.357 e. The van der Waals surface area contributed by atoms with Gasteiger partial charge < -0.3 is 14.6 Å². The number of aryl methyl sites for hydroxylation is 1. The van der Waals surface area contributed by atoms with Crippen LogP contribution in [0.5, 0.6) is 0 Å². The molecule has 0 spiro atoms. The minimum absolute atomic E-state index is 0.0131. The first-order valence-corrected chi connectivity index (χ1v) is 8.57. The van der Waals surface area contributed by atoms with E-state index >= 15 is 0 Å². The molecule has 1 fully saturated rings. The molecule has 2 aromatic heterocycles. The highest BCUT2D eigenvalue weighted by Crippen LogP contribution is 2.35. The standard InChI is InChI=1S/C16H19N3O3S/c1-3-22-16(21)12-9-23-14(18-12)13-5-4-8-19(13)15(20)11-6-7-17-10(11)2/h6-7,9,13,17H,3-5,8H2,1-2H3/t13-/m1/s1. The molecule has 0 aromatic carbocycles. The van der Waals surface area contributed by atoms with Gasteiger partial charge in [0.25, 0.3) is 5.91 Å². The number of carbonyl (C=O) groups is 2. The lowest BCUT2D eigenvalue weighted by Gasteiger charge is -2.23. The first-order valence-electron chi connectivity index (χ1n) is 7.69. The van der Waals surface area contributed by atoms with Crippen molar-refractivity contribution in [1.29, 1.82) is 0 Å². The first kappa shape index (κ1) is 15.7. The van der Waals surface area contributed by atoms with Gasteiger partial charge >= 0.3 is 5.97 Å². The van der Waals surface area contributed by atoms with E-state index < -0.39 is 5.97 Å². The van der Waals surface area contributed by atoms with Gasteiger partial charge in [0.05, 0.1) is 18.2 Å². The number of nitrogens with one attached hydrogen (secondary N) is 1. The zero-order valence-corrected chi connectivity index (χ0v) is 14.0. The maximum Gasteiger partial charge on any atom is 0.357 e. The Morgan fingerprint density at radius 1 is 1.52 bits per heavy atom. The molecule has 0 aliphatic carbocycles. The Morgan fingerprint density at radius 3 is 3.04 bits per heavy atom. The van der Waals surface area contributed by atoms with E-state index in [2.05, 4.69) is 9.97 Å². The average molecular weight is 333 g/mol. The molecule has 1 aliphatic heterocycles. The van der Waals surface area contributed by atoms with E-state index in [4.69, 9.17) is 4.74 Å². The van der Waals surface area contributed by atoms with E-state index in [0.717, 1.165) is 23.5 Å². The number of H-pyrrole nitrogens is 1. The van der Waals surface area contributed by atoms with Crippen LogP contribution >= 0.6 is 11.3 Å². The normalized spacial score (nSPS) is 17.5. The van der Waals surface area contributed by atoms with Crippen LogP contribution < -0.4 is 0 Å². The number of esters is 1. The SMILES string of the molecule is CCOC(=O)c1csc([C@H]2CCCN2C(=O)c2cc[nH]c2C)n1. The van der Waals surface area contributed by atoms with Crippen LogP contribution in [0.1, 0.15) is 57.4 Å². The molecule has 7 heteroatoms. The van der Waals surface area contributed by atoms with Gasteiger partial charge in [-0.05, 0) is 32.8 Å². The van der Waals surface area contributed by atoms with Gasteiger partial charge in [0.2, 0.25) is 0 Å². The van der Waals surface area contributed by atoms with Crippen molar-refractivity contribution in [3.05, 3.63) is 39.6 Å². The number of amides is 1. The van der Waals surface area contributed by atoms with Crippen molar-refractivity contribution < 1.29 is 14.3 Å². The molecule has 3 rings (SSSR count). The predicted octanol–water partition coefficient (Wildman–Crippen LogP) is 2.93. The monoisotopic (exact) mass is 333 g/mol. The second-order valence-electron chi connectivity index (χ2n) is 5.46. The summed E-state index contributed by atoms with van der Waals surface area (Å²) in [6.45, 7) is 4.69. The lowest BCUT2D eigenvalue weighted by molar-refractivity contribution is 0.0520. The molecule has 1 atom stereocenters. The number of likely N-dealkylation sites (tertiary alicyclic amines) is 1. The summed E-state index contributed by atoms with van der Waals surface area (Å²) >= 11 is 1.41. The molecule has 0 bridgehead atoms. The van der Waals surface area contributed by atoms with E-state index in [1.54, 1.807) is 24.6 Å². The summed E-state index contributed by atoms with van der Waals surface area (Å²) in [5, 5.41) is 2.50. The van der Waals surface area contributed by atoms with Crippen LogP contribution in [0.2, 0.25) is 0 Å². The molecular weight excluding hydrogens is 314 g/mol. The molecule has 1 saturated heterocycles. The number of aromatic nitrogens is 2. The minimum atomic E-state index is -0.410. The molecule has 0 radical (unpaired) electrons. The first-order chi connectivity index (χ1) is 11.1. The highest BCUT2D eigenvalue weighted by atomic mass is 32.1. The van der Waals surface area contributed by atoms with Gasteiger partial charge in [-0.2, -0.15) is 0 Å². The van der Waals surface area contributed by atoms with E-state index in [1.165, 1.54) is 11.3 Å². The van der Waals surface area contributed by atoms with Crippen molar-refractivity contribution in [3.8, 4) is 0 Å². The average Bonchev–Trinajstić information content (AvgIpc) is 3.26. The second kappa shape index (κ2) is 6.54. The third-order valence-corrected chi connectivity index (χ3v) is 4.94. The third-order valence-electron chi connectivity index (χ3n) is 3.99. The highest BCUT2D eigenvalue weighted by Gasteiger charge is 2.33. The molecule has 122 valence electrons. The fourth-order valence-corrected chi connectivity index (χ4v) is 3.78. The second-order valence-corrected chi connectivity index (χ2v) is 6.35. The van der Waals surface area contributed by atoms with Crippen LogP contribution in [0.25, 0.3) is 0 Å². The lowest BCUT2D eigenvalue weighted by atomic mass is 10.2. The zero-order chi connectivity index (χ0) is 16.4. The van der Waals surface area contributed by atoms with Crippen molar-refractivity contribution in [2.75, 3.05) is 13.2 Å². The van der Waals surface area contributed by atoms with E-state index in [-0.39, 0.29) is 11.9 Å². The summed E-state index contributed by atoms with van der Waals surface area (Å²) in [5.74, 6) is -0.397. The zero-order valence-electron chi connectivity index (χ0n) is 13.2. The molecule has 2 aromatic rings. The molecule has 23 heavy (non-hydrogen) atoms. The number of rotatable bonds is 4. The highest BCUT2D eigenvalue weighted by molar-refractivity contribution is 7.09. The third kappa shape index (κ3) is 3.01. The summed E-state index contributed by atoms with van der Waals surface area (Å²) in [6, 6.07) is 1.74. The number of hydrogen-bond donors (Lipinski definition) is 1. The lowest BCUT2D eigenvalue weighted by Crippen LogP contribution is -2.30. The predicted molar refractivity (Wildman–Crippen MR) is 86.6 cm³/mol. The molecule has 1 aliphatic rings. The quantitative estimate of drug-likeness (QED) is 0.873. The summed E-state index contributed by atoms with van der Waals surface area (Å²) in [5.41, 5.74) is 1.88. The fourth-order valence-electron chi connectivity index (χ4n) is 2.85. The van der Waals surface area contributed by atoms with Crippen LogP contribution in [0.4, 0.5) is 0 Å². The number of carbonyl (C=O) groups excluding carboxylic acids is 2. The number of aromatic amines is 1. The van der Waals surface area contributed by atoms with Gasteiger partial charge in [-0.3, -0.25) is 4.79 Å². The van der Waals surface area contributed by atoms with Gasteiger partial charge in [-0.1, -0.05) is 0 Å². The Bertz CT molecular complexity index is 722. The molecule has 0 unspecified atom stereocenters. The van der Waals surface area contributed by atoms with E-state index in [9.17, 15) is 9.59 Å².